The van der Waals surface area contributed by atoms with Crippen LogP contribution in [-0.2, 0) is 14.8 Å². The van der Waals surface area contributed by atoms with Crippen LogP contribution in [-0.4, -0.2) is 34.5 Å². The van der Waals surface area contributed by atoms with Crippen LogP contribution < -0.4 is 14.4 Å². The fourth-order valence-electron chi connectivity index (χ4n) is 2.47. The molecule has 0 aliphatic heterocycles. The van der Waals surface area contributed by atoms with Crippen LogP contribution in [0.1, 0.15) is 20.3 Å². The third-order valence-electron chi connectivity index (χ3n) is 4.02. The Kier molecular flexibility index (Phi) is 7.24. The monoisotopic (exact) mass is 390 g/mol. The summed E-state index contributed by atoms with van der Waals surface area (Å²) in [5, 5.41) is 2.79. The van der Waals surface area contributed by atoms with Crippen LogP contribution in [0.25, 0.3) is 0 Å². The van der Waals surface area contributed by atoms with Crippen molar-refractivity contribution in [1.29, 1.82) is 0 Å². The summed E-state index contributed by atoms with van der Waals surface area (Å²) >= 11 is 0. The number of carbonyl (C=O) groups is 1. The number of ether oxygens (including phenoxy) is 1. The number of benzene rings is 2. The second-order valence-electron chi connectivity index (χ2n) is 6.56. The molecule has 2 rings (SSSR count). The lowest BCUT2D eigenvalue weighted by Crippen LogP contribution is -2.41. The Hall–Kier alpha value is -2.54. The minimum atomic E-state index is -3.88. The van der Waals surface area contributed by atoms with E-state index in [4.69, 9.17) is 4.74 Å². The van der Waals surface area contributed by atoms with Crippen molar-refractivity contribution >= 4 is 21.6 Å². The second-order valence-corrected chi connectivity index (χ2v) is 8.42. The van der Waals surface area contributed by atoms with Crippen LogP contribution in [0.4, 0.5) is 5.69 Å². The maximum atomic E-state index is 13.1. The lowest BCUT2D eigenvalue weighted by Gasteiger charge is -2.24. The minimum Gasteiger partial charge on any atom is -0.497 e. The summed E-state index contributed by atoms with van der Waals surface area (Å²) < 4.78 is 32.5. The number of nitrogens with one attached hydrogen (secondary N) is 1. The molecule has 6 nitrogen and oxygen atoms in total. The number of sulfonamides is 1. The Labute approximate surface area is 161 Å². The third kappa shape index (κ3) is 5.72. The standard InChI is InChI=1S/C20H26N2O4S/c1-16(2)13-14-21-20(23)15-22(17-9-11-18(26-3)12-10-17)27(24,25)19-7-5-4-6-8-19/h4-12,16H,13-15H2,1-3H3,(H,21,23). The fourth-order valence-corrected chi connectivity index (χ4v) is 3.91. The van der Waals surface area contributed by atoms with E-state index < -0.39 is 10.0 Å². The number of rotatable bonds is 9. The molecule has 0 aliphatic rings. The summed E-state index contributed by atoms with van der Waals surface area (Å²) in [5.74, 6) is 0.721. The average molecular weight is 391 g/mol. The highest BCUT2D eigenvalue weighted by Crippen LogP contribution is 2.25. The molecule has 2 aromatic rings. The molecule has 0 saturated carbocycles. The van der Waals surface area contributed by atoms with Crippen LogP contribution in [0.3, 0.4) is 0 Å². The topological polar surface area (TPSA) is 75.7 Å². The highest BCUT2D eigenvalue weighted by Gasteiger charge is 2.27. The Morgan fingerprint density at radius 1 is 1.07 bits per heavy atom. The van der Waals surface area contributed by atoms with E-state index in [1.54, 1.807) is 42.5 Å². The van der Waals surface area contributed by atoms with Gasteiger partial charge in [-0.05, 0) is 48.7 Å². The predicted molar refractivity (Wildman–Crippen MR) is 106 cm³/mol. The Bertz CT molecular complexity index is 834. The number of amides is 1. The molecule has 0 fully saturated rings. The van der Waals surface area contributed by atoms with Crippen LogP contribution in [0.2, 0.25) is 0 Å². The zero-order valence-electron chi connectivity index (χ0n) is 15.9. The first-order chi connectivity index (χ1) is 12.8. The highest BCUT2D eigenvalue weighted by molar-refractivity contribution is 7.92. The van der Waals surface area contributed by atoms with Crippen molar-refractivity contribution < 1.29 is 17.9 Å². The van der Waals surface area contributed by atoms with E-state index in [0.29, 0.717) is 23.9 Å². The van der Waals surface area contributed by atoms with Gasteiger partial charge >= 0.3 is 0 Å². The number of hydrogen-bond donors (Lipinski definition) is 1. The molecule has 0 heterocycles. The first-order valence-electron chi connectivity index (χ1n) is 8.83. The predicted octanol–water partition coefficient (Wildman–Crippen LogP) is 3.05. The maximum Gasteiger partial charge on any atom is 0.264 e. The molecule has 27 heavy (non-hydrogen) atoms. The van der Waals surface area contributed by atoms with Crippen molar-refractivity contribution in [3.8, 4) is 5.75 Å². The zero-order chi connectivity index (χ0) is 19.9. The molecule has 0 bridgehead atoms. The molecule has 0 aromatic heterocycles. The van der Waals surface area contributed by atoms with Gasteiger partial charge < -0.3 is 10.1 Å². The van der Waals surface area contributed by atoms with Gasteiger partial charge in [-0.3, -0.25) is 9.10 Å². The summed E-state index contributed by atoms with van der Waals surface area (Å²) in [4.78, 5) is 12.5. The van der Waals surface area contributed by atoms with Gasteiger partial charge in [0.05, 0.1) is 17.7 Å². The van der Waals surface area contributed by atoms with Crippen molar-refractivity contribution in [3.63, 3.8) is 0 Å². The van der Waals surface area contributed by atoms with Crippen molar-refractivity contribution in [2.45, 2.75) is 25.2 Å². The van der Waals surface area contributed by atoms with E-state index >= 15 is 0 Å². The van der Waals surface area contributed by atoms with E-state index in [1.807, 2.05) is 0 Å². The Morgan fingerprint density at radius 2 is 1.70 bits per heavy atom. The second kappa shape index (κ2) is 9.41. The number of methoxy groups -OCH3 is 1. The molecule has 1 N–H and O–H groups in total. The lowest BCUT2D eigenvalue weighted by atomic mass is 10.1. The first kappa shape index (κ1) is 20.8. The molecule has 0 radical (unpaired) electrons. The Balaban J connectivity index is 2.29. The summed E-state index contributed by atoms with van der Waals surface area (Å²) in [6.07, 6.45) is 0.833. The molecule has 0 unspecified atom stereocenters. The SMILES string of the molecule is COc1ccc(N(CC(=O)NCCC(C)C)S(=O)(=O)c2ccccc2)cc1. The van der Waals surface area contributed by atoms with Crippen molar-refractivity contribution in [2.75, 3.05) is 24.5 Å². The van der Waals surface area contributed by atoms with Gasteiger partial charge in [0, 0.05) is 6.54 Å². The quantitative estimate of drug-likeness (QED) is 0.714. The van der Waals surface area contributed by atoms with Crippen LogP contribution in [0.5, 0.6) is 5.75 Å². The minimum absolute atomic E-state index is 0.135. The molecular formula is C20H26N2O4S. The van der Waals surface area contributed by atoms with Gasteiger partial charge in [0.1, 0.15) is 12.3 Å². The van der Waals surface area contributed by atoms with E-state index in [2.05, 4.69) is 19.2 Å². The number of carbonyl (C=O) groups excluding carboxylic acids is 1. The maximum absolute atomic E-state index is 13.1. The van der Waals surface area contributed by atoms with Gasteiger partial charge in [-0.25, -0.2) is 8.42 Å². The van der Waals surface area contributed by atoms with Gasteiger partial charge in [-0.2, -0.15) is 0 Å². The number of nitrogens with zero attached hydrogens (tertiary/aromatic N) is 1. The molecule has 2 aromatic carbocycles. The molecule has 0 aliphatic carbocycles. The van der Waals surface area contributed by atoms with Gasteiger partial charge in [0.25, 0.3) is 10.0 Å². The van der Waals surface area contributed by atoms with E-state index in [9.17, 15) is 13.2 Å². The lowest BCUT2D eigenvalue weighted by molar-refractivity contribution is -0.119. The molecule has 146 valence electrons. The van der Waals surface area contributed by atoms with Crippen molar-refractivity contribution in [3.05, 3.63) is 54.6 Å². The van der Waals surface area contributed by atoms with Crippen LogP contribution in [0, 0.1) is 5.92 Å². The van der Waals surface area contributed by atoms with Gasteiger partial charge in [-0.15, -0.1) is 0 Å². The number of anilines is 1. The molecule has 0 atom stereocenters. The van der Waals surface area contributed by atoms with E-state index in [1.165, 1.54) is 19.2 Å². The van der Waals surface area contributed by atoms with E-state index in [0.717, 1.165) is 10.7 Å². The van der Waals surface area contributed by atoms with Crippen LogP contribution >= 0.6 is 0 Å². The van der Waals surface area contributed by atoms with Crippen molar-refractivity contribution in [1.82, 2.24) is 5.32 Å². The first-order valence-corrected chi connectivity index (χ1v) is 10.3. The highest BCUT2D eigenvalue weighted by atomic mass is 32.2. The van der Waals surface area contributed by atoms with Gasteiger partial charge in [0.15, 0.2) is 0 Å². The Morgan fingerprint density at radius 3 is 2.26 bits per heavy atom. The smallest absolute Gasteiger partial charge is 0.264 e. The fraction of sp³-hybridized carbons (Fsp3) is 0.350. The summed E-state index contributed by atoms with van der Waals surface area (Å²) in [6, 6.07) is 14.7. The molecular weight excluding hydrogens is 364 g/mol. The molecule has 7 heteroatoms. The molecule has 0 spiro atoms. The van der Waals surface area contributed by atoms with Gasteiger partial charge in [0.2, 0.25) is 5.91 Å². The zero-order valence-corrected chi connectivity index (χ0v) is 16.7. The van der Waals surface area contributed by atoms with Crippen LogP contribution in [0.15, 0.2) is 59.5 Å². The third-order valence-corrected chi connectivity index (χ3v) is 5.81. The molecule has 1 amide bonds. The average Bonchev–Trinajstić information content (AvgIpc) is 2.66. The normalized spacial score (nSPS) is 11.3. The van der Waals surface area contributed by atoms with Crippen molar-refractivity contribution in [2.24, 2.45) is 5.92 Å². The van der Waals surface area contributed by atoms with Gasteiger partial charge in [-0.1, -0.05) is 32.0 Å². The number of hydrogen-bond acceptors (Lipinski definition) is 4. The van der Waals surface area contributed by atoms with E-state index in [-0.39, 0.29) is 17.3 Å². The summed E-state index contributed by atoms with van der Waals surface area (Å²) in [7, 11) is -2.34. The molecule has 0 saturated heterocycles. The largest absolute Gasteiger partial charge is 0.497 e. The summed E-state index contributed by atoms with van der Waals surface area (Å²) in [6.45, 7) is 4.35. The summed E-state index contributed by atoms with van der Waals surface area (Å²) in [5.41, 5.74) is 0.402.